The van der Waals surface area contributed by atoms with E-state index in [9.17, 15) is 23.1 Å². The zero-order valence-electron chi connectivity index (χ0n) is 11.3. The van der Waals surface area contributed by atoms with Crippen LogP contribution in [0.1, 0.15) is 33.6 Å². The number of rotatable bonds is 1. The molecule has 1 heterocycles. The van der Waals surface area contributed by atoms with E-state index in [1.807, 2.05) is 0 Å². The molecule has 1 saturated heterocycles. The van der Waals surface area contributed by atoms with Crippen LogP contribution in [-0.4, -0.2) is 47.1 Å². The molecule has 0 aromatic rings. The highest BCUT2D eigenvalue weighted by Crippen LogP contribution is 2.31. The first-order valence-corrected chi connectivity index (χ1v) is 6.23. The maximum absolute atomic E-state index is 12.4. The molecule has 1 amide bonds. The molecule has 0 aromatic carbocycles. The van der Waals surface area contributed by atoms with Crippen molar-refractivity contribution in [2.24, 2.45) is 5.92 Å². The number of likely N-dealkylation sites (tertiary alicyclic amines) is 1. The fraction of sp³-hybridized carbons (Fsp3) is 0.917. The molecule has 0 unspecified atom stereocenters. The van der Waals surface area contributed by atoms with Crippen molar-refractivity contribution in [1.82, 2.24) is 4.90 Å². The standard InChI is InChI=1S/C12H20F3NO3/c1-11(2,3)19-10(18)16-6-4-5-8(7-16)9(17)12(13,14)15/h8-9,17H,4-7H2,1-3H3/t8-,9-/m0/s1. The van der Waals surface area contributed by atoms with Crippen molar-refractivity contribution in [3.05, 3.63) is 0 Å². The Morgan fingerprint density at radius 1 is 1.37 bits per heavy atom. The Morgan fingerprint density at radius 3 is 2.42 bits per heavy atom. The highest BCUT2D eigenvalue weighted by molar-refractivity contribution is 5.68. The minimum absolute atomic E-state index is 0.129. The van der Waals surface area contributed by atoms with Crippen molar-refractivity contribution in [3.63, 3.8) is 0 Å². The number of carbonyl (C=O) groups is 1. The van der Waals surface area contributed by atoms with E-state index in [1.54, 1.807) is 20.8 Å². The van der Waals surface area contributed by atoms with Crippen LogP contribution in [0.15, 0.2) is 0 Å². The van der Waals surface area contributed by atoms with Crippen LogP contribution in [-0.2, 0) is 4.74 Å². The van der Waals surface area contributed by atoms with Crippen LogP contribution in [0.2, 0.25) is 0 Å². The molecule has 1 fully saturated rings. The molecule has 1 aliphatic rings. The molecule has 7 heteroatoms. The third-order valence-corrected chi connectivity index (χ3v) is 2.89. The number of alkyl halides is 3. The van der Waals surface area contributed by atoms with E-state index in [0.29, 0.717) is 13.0 Å². The highest BCUT2D eigenvalue weighted by atomic mass is 19.4. The van der Waals surface area contributed by atoms with Crippen LogP contribution in [0, 0.1) is 5.92 Å². The molecule has 0 saturated carbocycles. The van der Waals surface area contributed by atoms with Gasteiger partial charge in [-0.2, -0.15) is 13.2 Å². The lowest BCUT2D eigenvalue weighted by Gasteiger charge is -2.36. The molecule has 112 valence electrons. The number of aliphatic hydroxyl groups excluding tert-OH is 1. The SMILES string of the molecule is CC(C)(C)OC(=O)N1CCC[C@H]([C@H](O)C(F)(F)F)C1. The number of nitrogens with zero attached hydrogens (tertiary/aromatic N) is 1. The molecule has 19 heavy (non-hydrogen) atoms. The van der Waals surface area contributed by atoms with Crippen LogP contribution in [0.25, 0.3) is 0 Å². The minimum atomic E-state index is -4.65. The largest absolute Gasteiger partial charge is 0.444 e. The van der Waals surface area contributed by atoms with Gasteiger partial charge in [-0.05, 0) is 33.6 Å². The van der Waals surface area contributed by atoms with Gasteiger partial charge in [-0.1, -0.05) is 0 Å². The van der Waals surface area contributed by atoms with Crippen molar-refractivity contribution < 1.29 is 27.8 Å². The Hall–Kier alpha value is -0.980. The number of aliphatic hydroxyl groups is 1. The fourth-order valence-corrected chi connectivity index (χ4v) is 2.03. The van der Waals surface area contributed by atoms with E-state index in [2.05, 4.69) is 0 Å². The summed E-state index contributed by atoms with van der Waals surface area (Å²) < 4.78 is 42.5. The molecule has 2 atom stereocenters. The Labute approximate surface area is 110 Å². The van der Waals surface area contributed by atoms with Crippen LogP contribution in [0.5, 0.6) is 0 Å². The van der Waals surface area contributed by atoms with Gasteiger partial charge < -0.3 is 14.7 Å². The topological polar surface area (TPSA) is 49.8 Å². The molecule has 0 aromatic heterocycles. The van der Waals surface area contributed by atoms with Gasteiger partial charge in [0, 0.05) is 19.0 Å². The van der Waals surface area contributed by atoms with Gasteiger partial charge in [0.2, 0.25) is 0 Å². The molecule has 0 radical (unpaired) electrons. The summed E-state index contributed by atoms with van der Waals surface area (Å²) in [6, 6.07) is 0. The molecule has 4 nitrogen and oxygen atoms in total. The number of carbonyl (C=O) groups excluding carboxylic acids is 1. The quantitative estimate of drug-likeness (QED) is 0.804. The van der Waals surface area contributed by atoms with Crippen molar-refractivity contribution in [2.45, 2.75) is 51.5 Å². The second-order valence-corrected chi connectivity index (χ2v) is 5.82. The first-order chi connectivity index (χ1) is 8.50. The first kappa shape index (κ1) is 16.1. The van der Waals surface area contributed by atoms with Gasteiger partial charge >= 0.3 is 12.3 Å². The summed E-state index contributed by atoms with van der Waals surface area (Å²) in [6.07, 6.45) is -7.00. The van der Waals surface area contributed by atoms with Gasteiger partial charge in [-0.25, -0.2) is 4.79 Å². The predicted molar refractivity (Wildman–Crippen MR) is 62.6 cm³/mol. The summed E-state index contributed by atoms with van der Waals surface area (Å²) in [5.41, 5.74) is -0.688. The number of hydrogen-bond donors (Lipinski definition) is 1. The zero-order chi connectivity index (χ0) is 14.8. The first-order valence-electron chi connectivity index (χ1n) is 6.23. The van der Waals surface area contributed by atoms with Gasteiger partial charge in [0.15, 0.2) is 6.10 Å². The van der Waals surface area contributed by atoms with Crippen molar-refractivity contribution in [1.29, 1.82) is 0 Å². The van der Waals surface area contributed by atoms with E-state index in [-0.39, 0.29) is 13.0 Å². The third-order valence-electron chi connectivity index (χ3n) is 2.89. The lowest BCUT2D eigenvalue weighted by atomic mass is 9.92. The van der Waals surface area contributed by atoms with E-state index in [1.165, 1.54) is 4.90 Å². The van der Waals surface area contributed by atoms with Crippen LogP contribution < -0.4 is 0 Å². The van der Waals surface area contributed by atoms with Gasteiger partial charge in [-0.3, -0.25) is 0 Å². The molecule has 0 aliphatic carbocycles. The Kier molecular flexibility index (Phi) is 4.71. The summed E-state index contributed by atoms with van der Waals surface area (Å²) in [5, 5.41) is 9.24. The average Bonchev–Trinajstić information content (AvgIpc) is 2.24. The van der Waals surface area contributed by atoms with E-state index in [4.69, 9.17) is 4.74 Å². The van der Waals surface area contributed by atoms with Crippen molar-refractivity contribution in [3.8, 4) is 0 Å². The lowest BCUT2D eigenvalue weighted by Crippen LogP contribution is -2.48. The number of hydrogen-bond acceptors (Lipinski definition) is 3. The summed E-state index contributed by atoms with van der Waals surface area (Å²) in [5.74, 6) is -0.985. The summed E-state index contributed by atoms with van der Waals surface area (Å²) in [4.78, 5) is 13.0. The molecule has 0 bridgehead atoms. The number of piperidine rings is 1. The predicted octanol–water partition coefficient (Wildman–Crippen LogP) is 2.56. The smallest absolute Gasteiger partial charge is 0.414 e. The number of amides is 1. The maximum atomic E-state index is 12.4. The Morgan fingerprint density at radius 2 is 1.95 bits per heavy atom. The number of halogens is 3. The normalized spacial score (nSPS) is 23.1. The van der Waals surface area contributed by atoms with Crippen molar-refractivity contribution in [2.75, 3.05) is 13.1 Å². The van der Waals surface area contributed by atoms with Gasteiger partial charge in [0.05, 0.1) is 0 Å². The highest BCUT2D eigenvalue weighted by Gasteiger charge is 2.45. The molecule has 1 N–H and O–H groups in total. The fourth-order valence-electron chi connectivity index (χ4n) is 2.03. The lowest BCUT2D eigenvalue weighted by molar-refractivity contribution is -0.223. The van der Waals surface area contributed by atoms with Gasteiger partial charge in [0.25, 0.3) is 0 Å². The summed E-state index contributed by atoms with van der Waals surface area (Å²) in [7, 11) is 0. The second kappa shape index (κ2) is 5.56. The zero-order valence-corrected chi connectivity index (χ0v) is 11.3. The minimum Gasteiger partial charge on any atom is -0.444 e. The van der Waals surface area contributed by atoms with E-state index >= 15 is 0 Å². The molecular formula is C12H20F3NO3. The second-order valence-electron chi connectivity index (χ2n) is 5.82. The monoisotopic (exact) mass is 283 g/mol. The Bertz CT molecular complexity index is 325. The third kappa shape index (κ3) is 4.89. The van der Waals surface area contributed by atoms with Crippen LogP contribution in [0.4, 0.5) is 18.0 Å². The maximum Gasteiger partial charge on any atom is 0.414 e. The summed E-state index contributed by atoms with van der Waals surface area (Å²) >= 11 is 0. The van der Waals surface area contributed by atoms with Gasteiger partial charge in [0.1, 0.15) is 5.60 Å². The molecular weight excluding hydrogens is 263 g/mol. The van der Waals surface area contributed by atoms with Crippen LogP contribution >= 0.6 is 0 Å². The van der Waals surface area contributed by atoms with Crippen LogP contribution in [0.3, 0.4) is 0 Å². The summed E-state index contributed by atoms with van der Waals surface area (Å²) in [6.45, 7) is 5.30. The number of ether oxygens (including phenoxy) is 1. The van der Waals surface area contributed by atoms with Crippen molar-refractivity contribution >= 4 is 6.09 Å². The van der Waals surface area contributed by atoms with Gasteiger partial charge in [-0.15, -0.1) is 0 Å². The molecule has 1 aliphatic heterocycles. The molecule has 0 spiro atoms. The van der Waals surface area contributed by atoms with E-state index in [0.717, 1.165) is 0 Å². The molecule has 1 rings (SSSR count). The van der Waals surface area contributed by atoms with E-state index < -0.39 is 29.9 Å². The Balaban J connectivity index is 2.62. The average molecular weight is 283 g/mol.